The minimum atomic E-state index is 0.390. The minimum Gasteiger partial charge on any atom is -0.347 e. The molecule has 1 heterocycles. The quantitative estimate of drug-likeness (QED) is 0.822. The molecule has 0 bridgehead atoms. The van der Waals surface area contributed by atoms with Crippen LogP contribution in [0.25, 0.3) is 0 Å². The molecule has 0 unspecified atom stereocenters. The van der Waals surface area contributed by atoms with Gasteiger partial charge in [0.15, 0.2) is 0 Å². The summed E-state index contributed by atoms with van der Waals surface area (Å²) in [7, 11) is 0. The summed E-state index contributed by atoms with van der Waals surface area (Å²) < 4.78 is 0.704. The number of benzene rings is 1. The summed E-state index contributed by atoms with van der Waals surface area (Å²) >= 11 is 11.3. The second kappa shape index (κ2) is 5.85. The third kappa shape index (κ3) is 3.43. The van der Waals surface area contributed by atoms with Crippen molar-refractivity contribution in [3.05, 3.63) is 56.6 Å². The predicted octanol–water partition coefficient (Wildman–Crippen LogP) is 4.82. The van der Waals surface area contributed by atoms with Crippen molar-refractivity contribution >= 4 is 23.8 Å². The number of hydrogen-bond acceptors (Lipinski definition) is 2. The topological polar surface area (TPSA) is 28.7 Å². The van der Waals surface area contributed by atoms with Gasteiger partial charge in [0, 0.05) is 22.7 Å². The average Bonchev–Trinajstić information content (AvgIpc) is 2.30. The highest BCUT2D eigenvalue weighted by molar-refractivity contribution is 7.71. The third-order valence-corrected chi connectivity index (χ3v) is 3.63. The molecule has 0 spiro atoms. The molecule has 0 atom stereocenters. The van der Waals surface area contributed by atoms with Crippen molar-refractivity contribution in [2.45, 2.75) is 33.1 Å². The Bertz CT molecular complexity index is 630. The second-order valence-electron chi connectivity index (χ2n) is 4.99. The van der Waals surface area contributed by atoms with Gasteiger partial charge in [0.05, 0.1) is 0 Å². The van der Waals surface area contributed by atoms with Crippen LogP contribution in [0, 0.1) is 11.6 Å². The van der Waals surface area contributed by atoms with Gasteiger partial charge in [0.1, 0.15) is 10.5 Å². The Labute approximate surface area is 123 Å². The number of aromatic nitrogens is 2. The van der Waals surface area contributed by atoms with Gasteiger partial charge in [-0.3, -0.25) is 0 Å². The smallest absolute Gasteiger partial charge is 0.133 e. The Balaban J connectivity index is 2.32. The fourth-order valence-electron chi connectivity index (χ4n) is 2.21. The summed E-state index contributed by atoms with van der Waals surface area (Å²) in [5.74, 6) is 1.29. The van der Waals surface area contributed by atoms with Crippen LogP contribution in [0.2, 0.25) is 5.02 Å². The van der Waals surface area contributed by atoms with E-state index in [1.165, 1.54) is 5.56 Å². The molecule has 1 aromatic carbocycles. The van der Waals surface area contributed by atoms with E-state index in [1.807, 2.05) is 24.3 Å². The van der Waals surface area contributed by atoms with Gasteiger partial charge in [-0.15, -0.1) is 0 Å². The monoisotopic (exact) mass is 292 g/mol. The molecule has 2 rings (SSSR count). The maximum Gasteiger partial charge on any atom is 0.133 e. The van der Waals surface area contributed by atoms with Crippen LogP contribution in [-0.4, -0.2) is 9.97 Å². The van der Waals surface area contributed by atoms with Gasteiger partial charge in [-0.1, -0.05) is 49.8 Å². The molecule has 0 aliphatic rings. The van der Waals surface area contributed by atoms with Gasteiger partial charge >= 0.3 is 0 Å². The fourth-order valence-corrected chi connectivity index (χ4v) is 2.84. The number of nitrogens with one attached hydrogen (secondary N) is 1. The Morgan fingerprint density at radius 1 is 1.26 bits per heavy atom. The molecule has 4 heteroatoms. The highest BCUT2D eigenvalue weighted by atomic mass is 35.5. The number of H-pyrrole nitrogens is 1. The highest BCUT2D eigenvalue weighted by Gasteiger charge is 2.09. The Morgan fingerprint density at radius 3 is 2.42 bits per heavy atom. The van der Waals surface area contributed by atoms with Crippen LogP contribution in [0.5, 0.6) is 0 Å². The number of rotatable bonds is 3. The molecular formula is C15H17ClN2S. The molecule has 0 radical (unpaired) electrons. The van der Waals surface area contributed by atoms with Crippen LogP contribution in [0.4, 0.5) is 0 Å². The van der Waals surface area contributed by atoms with Crippen molar-refractivity contribution in [2.24, 2.45) is 0 Å². The first kappa shape index (κ1) is 14.2. The molecule has 2 nitrogen and oxygen atoms in total. The summed E-state index contributed by atoms with van der Waals surface area (Å²) in [5.41, 5.74) is 3.41. The fraction of sp³-hybridized carbons (Fsp3) is 0.333. The second-order valence-corrected chi connectivity index (χ2v) is 5.81. The highest BCUT2D eigenvalue weighted by Crippen LogP contribution is 2.19. The standard InChI is InChI=1S/C15H17ClN2S/c1-9(2)14-10(3)17-13(18-15(14)19)8-11-4-6-12(16)7-5-11/h4-7,9H,8H2,1-3H3,(H,17,18,19). The number of nitrogens with zero attached hydrogens (tertiary/aromatic N) is 1. The van der Waals surface area contributed by atoms with Crippen molar-refractivity contribution in [1.82, 2.24) is 9.97 Å². The number of aromatic amines is 1. The molecule has 0 fully saturated rings. The maximum absolute atomic E-state index is 5.88. The van der Waals surface area contributed by atoms with Crippen LogP contribution in [-0.2, 0) is 6.42 Å². The molecule has 0 saturated heterocycles. The Hall–Kier alpha value is -1.19. The Kier molecular flexibility index (Phi) is 4.38. The molecular weight excluding hydrogens is 276 g/mol. The van der Waals surface area contributed by atoms with Gasteiger partial charge in [0.25, 0.3) is 0 Å². The molecule has 0 aliphatic heterocycles. The van der Waals surface area contributed by atoms with E-state index in [2.05, 4.69) is 30.7 Å². The third-order valence-electron chi connectivity index (χ3n) is 3.06. The first-order valence-electron chi connectivity index (χ1n) is 6.31. The van der Waals surface area contributed by atoms with Gasteiger partial charge in [-0.05, 0) is 30.5 Å². The maximum atomic E-state index is 5.88. The largest absolute Gasteiger partial charge is 0.347 e. The lowest BCUT2D eigenvalue weighted by atomic mass is 10.0. The van der Waals surface area contributed by atoms with Crippen LogP contribution in [0.3, 0.4) is 0 Å². The SMILES string of the molecule is Cc1[nH]c(Cc2ccc(Cl)cc2)nc(=S)c1C(C)C. The lowest BCUT2D eigenvalue weighted by Gasteiger charge is -2.11. The molecule has 1 N–H and O–H groups in total. The van der Waals surface area contributed by atoms with E-state index in [4.69, 9.17) is 23.8 Å². The zero-order valence-electron chi connectivity index (χ0n) is 11.3. The summed E-state index contributed by atoms with van der Waals surface area (Å²) in [4.78, 5) is 7.85. The van der Waals surface area contributed by atoms with Crippen LogP contribution < -0.4 is 0 Å². The molecule has 0 saturated carbocycles. The lowest BCUT2D eigenvalue weighted by molar-refractivity contribution is 0.803. The number of halogens is 1. The van der Waals surface area contributed by atoms with Crippen molar-refractivity contribution in [1.29, 1.82) is 0 Å². The molecule has 100 valence electrons. The molecule has 0 amide bonds. The van der Waals surface area contributed by atoms with E-state index in [9.17, 15) is 0 Å². The van der Waals surface area contributed by atoms with Gasteiger partial charge in [-0.2, -0.15) is 0 Å². The van der Waals surface area contributed by atoms with E-state index < -0.39 is 0 Å². The number of hydrogen-bond donors (Lipinski definition) is 1. The van der Waals surface area contributed by atoms with Crippen LogP contribution in [0.15, 0.2) is 24.3 Å². The summed E-state index contributed by atoms with van der Waals surface area (Å²) in [5, 5.41) is 0.746. The molecule has 19 heavy (non-hydrogen) atoms. The van der Waals surface area contributed by atoms with Crippen molar-refractivity contribution in [2.75, 3.05) is 0 Å². The number of aryl methyl sites for hydroxylation is 1. The van der Waals surface area contributed by atoms with Crippen molar-refractivity contribution in [3.8, 4) is 0 Å². The average molecular weight is 293 g/mol. The van der Waals surface area contributed by atoms with E-state index in [-0.39, 0.29) is 0 Å². The normalized spacial score (nSPS) is 11.0. The lowest BCUT2D eigenvalue weighted by Crippen LogP contribution is -2.05. The van der Waals surface area contributed by atoms with Crippen molar-refractivity contribution < 1.29 is 0 Å². The summed E-state index contributed by atoms with van der Waals surface area (Å²) in [6, 6.07) is 7.79. The van der Waals surface area contributed by atoms with E-state index in [0.29, 0.717) is 10.6 Å². The zero-order chi connectivity index (χ0) is 14.0. The first-order valence-corrected chi connectivity index (χ1v) is 7.10. The van der Waals surface area contributed by atoms with E-state index >= 15 is 0 Å². The minimum absolute atomic E-state index is 0.390. The van der Waals surface area contributed by atoms with E-state index in [1.54, 1.807) is 0 Å². The first-order chi connectivity index (χ1) is 8.97. The van der Waals surface area contributed by atoms with Gasteiger partial charge < -0.3 is 4.98 Å². The molecule has 1 aromatic heterocycles. The van der Waals surface area contributed by atoms with E-state index in [0.717, 1.165) is 28.5 Å². The zero-order valence-corrected chi connectivity index (χ0v) is 12.9. The summed E-state index contributed by atoms with van der Waals surface area (Å²) in [6.07, 6.45) is 0.736. The predicted molar refractivity (Wildman–Crippen MR) is 82.5 cm³/mol. The summed E-state index contributed by atoms with van der Waals surface area (Å²) in [6.45, 7) is 6.32. The van der Waals surface area contributed by atoms with Crippen molar-refractivity contribution in [3.63, 3.8) is 0 Å². The van der Waals surface area contributed by atoms with Gasteiger partial charge in [-0.25, -0.2) is 4.98 Å². The van der Waals surface area contributed by atoms with Crippen LogP contribution in [0.1, 0.15) is 42.4 Å². The Morgan fingerprint density at radius 2 is 1.89 bits per heavy atom. The molecule has 0 aliphatic carbocycles. The molecule has 2 aromatic rings. The van der Waals surface area contributed by atoms with Crippen LogP contribution >= 0.6 is 23.8 Å². The van der Waals surface area contributed by atoms with Gasteiger partial charge in [0.2, 0.25) is 0 Å².